The normalized spacial score (nSPS) is 16.9. The second-order valence-corrected chi connectivity index (χ2v) is 3.26. The molecule has 0 aromatic heterocycles. The summed E-state index contributed by atoms with van der Waals surface area (Å²) < 4.78 is 36.0. The molecule has 0 rings (SSSR count). The third-order valence-electron chi connectivity index (χ3n) is 1.52. The van der Waals surface area contributed by atoms with Crippen molar-refractivity contribution in [2.75, 3.05) is 0 Å². The summed E-state index contributed by atoms with van der Waals surface area (Å²) in [7, 11) is 0. The van der Waals surface area contributed by atoms with Crippen LogP contribution >= 0.6 is 0 Å². The first-order chi connectivity index (χ1) is 5.17. The smallest absolute Gasteiger partial charge is 0.380 e. The minimum absolute atomic E-state index is 0.390. The van der Waals surface area contributed by atoms with Gasteiger partial charge in [-0.2, -0.15) is 13.2 Å². The highest BCUT2D eigenvalue weighted by Gasteiger charge is 2.48. The van der Waals surface area contributed by atoms with Crippen molar-refractivity contribution in [3.63, 3.8) is 0 Å². The predicted octanol–water partition coefficient (Wildman–Crippen LogP) is 2.66. The van der Waals surface area contributed by atoms with Crippen LogP contribution < -0.4 is 0 Å². The van der Waals surface area contributed by atoms with E-state index in [0.717, 1.165) is 12.5 Å². The van der Waals surface area contributed by atoms with Crippen molar-refractivity contribution in [2.45, 2.75) is 39.0 Å². The molecule has 0 aliphatic rings. The van der Waals surface area contributed by atoms with Crippen LogP contribution in [0.25, 0.3) is 0 Å². The fraction of sp³-hybridized carbons (Fsp3) is 0.750. The molecule has 0 bridgehead atoms. The SMILES string of the molecule is CC(C)=CCC(C)(O)C(F)(F)F. The summed E-state index contributed by atoms with van der Waals surface area (Å²) in [6.07, 6.45) is -3.58. The molecule has 0 aliphatic heterocycles. The van der Waals surface area contributed by atoms with Gasteiger partial charge in [0.15, 0.2) is 5.60 Å². The van der Waals surface area contributed by atoms with Crippen LogP contribution in [0.4, 0.5) is 13.2 Å². The minimum Gasteiger partial charge on any atom is -0.380 e. The minimum atomic E-state index is -4.56. The van der Waals surface area contributed by atoms with Crippen LogP contribution in [0, 0.1) is 0 Å². The summed E-state index contributed by atoms with van der Waals surface area (Å²) in [4.78, 5) is 0. The lowest BCUT2D eigenvalue weighted by atomic mass is 10.0. The standard InChI is InChI=1S/C8H13F3O/c1-6(2)4-5-7(3,12)8(9,10)11/h4,12H,5H2,1-3H3. The lowest BCUT2D eigenvalue weighted by Gasteiger charge is -2.24. The maximum absolute atomic E-state index is 12.0. The van der Waals surface area contributed by atoms with Gasteiger partial charge in [-0.15, -0.1) is 0 Å². The van der Waals surface area contributed by atoms with E-state index in [2.05, 4.69) is 0 Å². The van der Waals surface area contributed by atoms with Gasteiger partial charge in [0.25, 0.3) is 0 Å². The lowest BCUT2D eigenvalue weighted by molar-refractivity contribution is -0.251. The van der Waals surface area contributed by atoms with Crippen LogP contribution in [0.3, 0.4) is 0 Å². The molecule has 0 spiro atoms. The maximum atomic E-state index is 12.0. The van der Waals surface area contributed by atoms with E-state index in [-0.39, 0.29) is 0 Å². The Hall–Kier alpha value is -0.510. The van der Waals surface area contributed by atoms with Crippen molar-refractivity contribution in [2.24, 2.45) is 0 Å². The third-order valence-corrected chi connectivity index (χ3v) is 1.52. The van der Waals surface area contributed by atoms with E-state index in [4.69, 9.17) is 5.11 Å². The van der Waals surface area contributed by atoms with Crippen molar-refractivity contribution in [1.82, 2.24) is 0 Å². The number of allylic oxidation sites excluding steroid dienone is 1. The molecule has 0 saturated heterocycles. The Morgan fingerprint density at radius 2 is 1.75 bits per heavy atom. The highest BCUT2D eigenvalue weighted by atomic mass is 19.4. The zero-order chi connectivity index (χ0) is 9.99. The highest BCUT2D eigenvalue weighted by molar-refractivity contribution is 4.99. The monoisotopic (exact) mass is 182 g/mol. The number of rotatable bonds is 2. The van der Waals surface area contributed by atoms with Crippen molar-refractivity contribution < 1.29 is 18.3 Å². The van der Waals surface area contributed by atoms with E-state index in [0.29, 0.717) is 0 Å². The molecular weight excluding hydrogens is 169 g/mol. The first kappa shape index (κ1) is 11.5. The first-order valence-electron chi connectivity index (χ1n) is 3.59. The molecule has 1 N–H and O–H groups in total. The Labute approximate surface area is 69.9 Å². The van der Waals surface area contributed by atoms with E-state index >= 15 is 0 Å². The van der Waals surface area contributed by atoms with Gasteiger partial charge >= 0.3 is 6.18 Å². The highest BCUT2D eigenvalue weighted by Crippen LogP contribution is 2.32. The van der Waals surface area contributed by atoms with Crippen molar-refractivity contribution in [3.05, 3.63) is 11.6 Å². The molecule has 0 amide bonds. The van der Waals surface area contributed by atoms with Gasteiger partial charge in [-0.25, -0.2) is 0 Å². The van der Waals surface area contributed by atoms with Crippen LogP contribution in [0.15, 0.2) is 11.6 Å². The molecule has 0 radical (unpaired) electrons. The molecule has 1 unspecified atom stereocenters. The molecule has 0 aliphatic carbocycles. The zero-order valence-corrected chi connectivity index (χ0v) is 7.37. The quantitative estimate of drug-likeness (QED) is 0.651. The Balaban J connectivity index is 4.34. The van der Waals surface area contributed by atoms with E-state index in [1.165, 1.54) is 6.08 Å². The molecule has 0 fully saturated rings. The molecule has 0 aromatic rings. The molecule has 0 aromatic carbocycles. The van der Waals surface area contributed by atoms with Gasteiger partial charge in [-0.3, -0.25) is 0 Å². The fourth-order valence-electron chi connectivity index (χ4n) is 0.519. The van der Waals surface area contributed by atoms with E-state index in [1.54, 1.807) is 13.8 Å². The molecule has 72 valence electrons. The van der Waals surface area contributed by atoms with E-state index in [1.807, 2.05) is 0 Å². The zero-order valence-electron chi connectivity index (χ0n) is 7.37. The van der Waals surface area contributed by atoms with Gasteiger partial charge < -0.3 is 5.11 Å². The maximum Gasteiger partial charge on any atom is 0.417 e. The Morgan fingerprint density at radius 3 is 2.00 bits per heavy atom. The van der Waals surface area contributed by atoms with Gasteiger partial charge in [-0.1, -0.05) is 11.6 Å². The Bertz CT molecular complexity index is 175. The molecule has 0 heterocycles. The summed E-state index contributed by atoms with van der Waals surface area (Å²) in [5.41, 5.74) is -1.84. The Kier molecular flexibility index (Phi) is 3.33. The van der Waals surface area contributed by atoms with Crippen LogP contribution in [0.5, 0.6) is 0 Å². The summed E-state index contributed by atoms with van der Waals surface area (Å²) >= 11 is 0. The van der Waals surface area contributed by atoms with Crippen LogP contribution in [0.2, 0.25) is 0 Å². The molecule has 12 heavy (non-hydrogen) atoms. The summed E-state index contributed by atoms with van der Waals surface area (Å²) in [5.74, 6) is 0. The average Bonchev–Trinajstić information content (AvgIpc) is 1.81. The molecule has 0 saturated carbocycles. The third kappa shape index (κ3) is 3.26. The second kappa shape index (κ2) is 3.47. The predicted molar refractivity (Wildman–Crippen MR) is 40.7 cm³/mol. The Morgan fingerprint density at radius 1 is 1.33 bits per heavy atom. The van der Waals surface area contributed by atoms with Gasteiger partial charge in [0.2, 0.25) is 0 Å². The largest absolute Gasteiger partial charge is 0.417 e. The lowest BCUT2D eigenvalue weighted by Crippen LogP contribution is -2.41. The van der Waals surface area contributed by atoms with Crippen molar-refractivity contribution >= 4 is 0 Å². The van der Waals surface area contributed by atoms with Gasteiger partial charge in [0, 0.05) is 6.42 Å². The van der Waals surface area contributed by atoms with Crippen molar-refractivity contribution in [3.8, 4) is 0 Å². The van der Waals surface area contributed by atoms with Gasteiger partial charge in [0.1, 0.15) is 0 Å². The fourth-order valence-corrected chi connectivity index (χ4v) is 0.519. The van der Waals surface area contributed by atoms with Crippen LogP contribution in [-0.4, -0.2) is 16.9 Å². The van der Waals surface area contributed by atoms with E-state index in [9.17, 15) is 13.2 Å². The summed E-state index contributed by atoms with van der Waals surface area (Å²) in [6, 6.07) is 0. The molecule has 1 atom stereocenters. The molecule has 1 nitrogen and oxygen atoms in total. The number of hydrogen-bond donors (Lipinski definition) is 1. The van der Waals surface area contributed by atoms with Crippen LogP contribution in [-0.2, 0) is 0 Å². The summed E-state index contributed by atoms with van der Waals surface area (Å²) in [6.45, 7) is 4.14. The van der Waals surface area contributed by atoms with Gasteiger partial charge in [-0.05, 0) is 20.8 Å². The van der Waals surface area contributed by atoms with Crippen molar-refractivity contribution in [1.29, 1.82) is 0 Å². The average molecular weight is 182 g/mol. The number of hydrogen-bond acceptors (Lipinski definition) is 1. The molecular formula is C8H13F3O. The summed E-state index contributed by atoms with van der Waals surface area (Å²) in [5, 5.41) is 8.93. The first-order valence-corrected chi connectivity index (χ1v) is 3.59. The number of aliphatic hydroxyl groups is 1. The second-order valence-electron chi connectivity index (χ2n) is 3.26. The number of alkyl halides is 3. The topological polar surface area (TPSA) is 20.2 Å². The van der Waals surface area contributed by atoms with Crippen LogP contribution in [0.1, 0.15) is 27.2 Å². The van der Waals surface area contributed by atoms with E-state index < -0.39 is 18.2 Å². The number of halogens is 3. The van der Waals surface area contributed by atoms with Gasteiger partial charge in [0.05, 0.1) is 0 Å². The molecule has 4 heteroatoms.